The summed E-state index contributed by atoms with van der Waals surface area (Å²) in [4.78, 5) is 39.6. The monoisotopic (exact) mass is 423 g/mol. The summed E-state index contributed by atoms with van der Waals surface area (Å²) in [7, 11) is 0. The second kappa shape index (κ2) is 10.3. The Morgan fingerprint density at radius 1 is 0.900 bits per heavy atom. The molecular formula is C22H21N3O4S. The number of carbonyl (C=O) groups excluding carboxylic acids is 3. The fourth-order valence-electron chi connectivity index (χ4n) is 2.65. The van der Waals surface area contributed by atoms with Gasteiger partial charge in [-0.1, -0.05) is 54.6 Å². The van der Waals surface area contributed by atoms with Gasteiger partial charge in [0, 0.05) is 11.1 Å². The van der Waals surface area contributed by atoms with Gasteiger partial charge in [-0.05, 0) is 23.6 Å². The van der Waals surface area contributed by atoms with Crippen LogP contribution in [0.25, 0.3) is 11.1 Å². The highest BCUT2D eigenvalue weighted by atomic mass is 32.1. The van der Waals surface area contributed by atoms with Gasteiger partial charge in [-0.2, -0.15) is 0 Å². The number of benzene rings is 2. The number of aromatic nitrogens is 1. The van der Waals surface area contributed by atoms with E-state index < -0.39 is 24.4 Å². The van der Waals surface area contributed by atoms with Crippen LogP contribution in [-0.2, 0) is 32.0 Å². The molecule has 3 aromatic rings. The van der Waals surface area contributed by atoms with Gasteiger partial charge in [0.25, 0.3) is 5.91 Å². The van der Waals surface area contributed by atoms with E-state index in [1.54, 1.807) is 0 Å². The summed E-state index contributed by atoms with van der Waals surface area (Å²) in [6.07, 6.45) is 0.121. The van der Waals surface area contributed by atoms with Gasteiger partial charge in [-0.25, -0.2) is 4.98 Å². The average molecular weight is 423 g/mol. The van der Waals surface area contributed by atoms with E-state index in [0.717, 1.165) is 22.4 Å². The van der Waals surface area contributed by atoms with E-state index in [-0.39, 0.29) is 12.8 Å². The maximum atomic E-state index is 12.0. The lowest BCUT2D eigenvalue weighted by molar-refractivity contribution is -0.148. The van der Waals surface area contributed by atoms with Crippen LogP contribution in [0.15, 0.2) is 60.0 Å². The standard InChI is InChI=1S/C22H21N3O4S/c1-15-14-30-21(23-15)12-19(26)24-25-20(27)13-29-22(28)11-16-7-9-18(10-8-16)17-5-3-2-4-6-17/h2-10,14H,11-13H2,1H3,(H,24,26)(H,25,27). The van der Waals surface area contributed by atoms with Crippen molar-refractivity contribution in [3.05, 3.63) is 76.2 Å². The quantitative estimate of drug-likeness (QED) is 0.450. The van der Waals surface area contributed by atoms with Crippen LogP contribution in [0.1, 0.15) is 16.3 Å². The Hall–Kier alpha value is -3.52. The minimum absolute atomic E-state index is 0.0537. The Kier molecular flexibility index (Phi) is 7.29. The van der Waals surface area contributed by atoms with Crippen LogP contribution in [-0.4, -0.2) is 29.4 Å². The number of esters is 1. The molecule has 154 valence electrons. The highest BCUT2D eigenvalue weighted by Crippen LogP contribution is 2.19. The Morgan fingerprint density at radius 2 is 1.57 bits per heavy atom. The number of aryl methyl sites for hydroxylation is 1. The molecule has 0 aliphatic carbocycles. The summed E-state index contributed by atoms with van der Waals surface area (Å²) in [5.41, 5.74) is 8.26. The van der Waals surface area contributed by atoms with Crippen LogP contribution in [0.4, 0.5) is 0 Å². The maximum Gasteiger partial charge on any atom is 0.310 e. The largest absolute Gasteiger partial charge is 0.455 e. The van der Waals surface area contributed by atoms with E-state index in [1.807, 2.05) is 66.9 Å². The molecule has 0 fully saturated rings. The molecule has 0 saturated carbocycles. The third-order valence-corrected chi connectivity index (χ3v) is 5.06. The van der Waals surface area contributed by atoms with Crippen molar-refractivity contribution < 1.29 is 19.1 Å². The van der Waals surface area contributed by atoms with Crippen LogP contribution in [0, 0.1) is 6.92 Å². The SMILES string of the molecule is Cc1csc(CC(=O)NNC(=O)COC(=O)Cc2ccc(-c3ccccc3)cc2)n1. The van der Waals surface area contributed by atoms with Crippen molar-refractivity contribution in [3.63, 3.8) is 0 Å². The summed E-state index contributed by atoms with van der Waals surface area (Å²) < 4.78 is 4.96. The van der Waals surface area contributed by atoms with E-state index in [9.17, 15) is 14.4 Å². The molecule has 0 saturated heterocycles. The first kappa shape index (κ1) is 21.2. The number of hydrazine groups is 1. The molecule has 2 aromatic carbocycles. The molecule has 0 aliphatic rings. The number of rotatable bonds is 7. The van der Waals surface area contributed by atoms with Crippen LogP contribution < -0.4 is 10.9 Å². The Labute approximate surface area is 178 Å². The fourth-order valence-corrected chi connectivity index (χ4v) is 3.42. The maximum absolute atomic E-state index is 12.0. The average Bonchev–Trinajstić information content (AvgIpc) is 3.16. The number of ether oxygens (including phenoxy) is 1. The van der Waals surface area contributed by atoms with Crippen molar-refractivity contribution >= 4 is 29.1 Å². The normalized spacial score (nSPS) is 10.3. The number of hydrogen-bond donors (Lipinski definition) is 2. The lowest BCUT2D eigenvalue weighted by atomic mass is 10.0. The van der Waals surface area contributed by atoms with E-state index >= 15 is 0 Å². The Bertz CT molecular complexity index is 1020. The zero-order valence-electron chi connectivity index (χ0n) is 16.4. The Balaban J connectivity index is 1.37. The molecule has 0 spiro atoms. The second-order valence-corrected chi connectivity index (χ2v) is 7.50. The molecule has 0 aliphatic heterocycles. The molecule has 3 rings (SSSR count). The first-order valence-electron chi connectivity index (χ1n) is 9.28. The first-order valence-corrected chi connectivity index (χ1v) is 10.2. The Morgan fingerprint density at radius 3 is 2.23 bits per heavy atom. The zero-order chi connectivity index (χ0) is 21.3. The fraction of sp³-hybridized carbons (Fsp3) is 0.182. The molecule has 0 bridgehead atoms. The van der Waals surface area contributed by atoms with Gasteiger partial charge >= 0.3 is 5.97 Å². The van der Waals surface area contributed by atoms with E-state index in [4.69, 9.17) is 4.74 Å². The van der Waals surface area contributed by atoms with Crippen LogP contribution in [0.2, 0.25) is 0 Å². The second-order valence-electron chi connectivity index (χ2n) is 6.56. The number of thiazole rings is 1. The van der Waals surface area contributed by atoms with Crippen molar-refractivity contribution in [2.24, 2.45) is 0 Å². The molecule has 0 unspecified atom stereocenters. The highest BCUT2D eigenvalue weighted by molar-refractivity contribution is 7.09. The van der Waals surface area contributed by atoms with Gasteiger partial charge in [0.1, 0.15) is 5.01 Å². The minimum Gasteiger partial charge on any atom is -0.455 e. The first-order chi connectivity index (χ1) is 14.5. The lowest BCUT2D eigenvalue weighted by Gasteiger charge is -2.08. The number of nitrogens with one attached hydrogen (secondary N) is 2. The van der Waals surface area contributed by atoms with Gasteiger partial charge in [-0.15, -0.1) is 11.3 Å². The van der Waals surface area contributed by atoms with E-state index in [2.05, 4.69) is 15.8 Å². The van der Waals surface area contributed by atoms with Gasteiger partial charge in [-0.3, -0.25) is 25.2 Å². The topological polar surface area (TPSA) is 97.4 Å². The van der Waals surface area contributed by atoms with Crippen molar-refractivity contribution in [2.75, 3.05) is 6.61 Å². The van der Waals surface area contributed by atoms with Crippen LogP contribution in [0.3, 0.4) is 0 Å². The van der Waals surface area contributed by atoms with Gasteiger partial charge in [0.05, 0.1) is 12.8 Å². The van der Waals surface area contributed by atoms with Crippen molar-refractivity contribution in [3.8, 4) is 11.1 Å². The van der Waals surface area contributed by atoms with Gasteiger partial charge < -0.3 is 4.74 Å². The highest BCUT2D eigenvalue weighted by Gasteiger charge is 2.11. The van der Waals surface area contributed by atoms with Crippen LogP contribution in [0.5, 0.6) is 0 Å². The summed E-state index contributed by atoms with van der Waals surface area (Å²) in [5.74, 6) is -1.55. The summed E-state index contributed by atoms with van der Waals surface area (Å²) in [6, 6.07) is 17.5. The van der Waals surface area contributed by atoms with Crippen molar-refractivity contribution in [2.45, 2.75) is 19.8 Å². The number of amides is 2. The molecule has 2 amide bonds. The summed E-state index contributed by atoms with van der Waals surface area (Å²) >= 11 is 1.37. The number of nitrogens with zero attached hydrogens (tertiary/aromatic N) is 1. The third kappa shape index (κ3) is 6.52. The molecule has 1 heterocycles. The number of carbonyl (C=O) groups is 3. The molecule has 30 heavy (non-hydrogen) atoms. The molecule has 0 atom stereocenters. The van der Waals surface area contributed by atoms with E-state index in [0.29, 0.717) is 5.01 Å². The van der Waals surface area contributed by atoms with Gasteiger partial charge in [0.15, 0.2) is 6.61 Å². The predicted octanol–water partition coefficient (Wildman–Crippen LogP) is 2.59. The molecule has 7 nitrogen and oxygen atoms in total. The zero-order valence-corrected chi connectivity index (χ0v) is 17.2. The summed E-state index contributed by atoms with van der Waals surface area (Å²) in [6.45, 7) is 1.36. The predicted molar refractivity (Wildman–Crippen MR) is 113 cm³/mol. The molecular weight excluding hydrogens is 402 g/mol. The van der Waals surface area contributed by atoms with E-state index in [1.165, 1.54) is 11.3 Å². The minimum atomic E-state index is -0.619. The molecule has 2 N–H and O–H groups in total. The number of hydrogen-bond acceptors (Lipinski definition) is 6. The molecule has 1 aromatic heterocycles. The smallest absolute Gasteiger partial charge is 0.310 e. The lowest BCUT2D eigenvalue weighted by Crippen LogP contribution is -2.44. The molecule has 8 heteroatoms. The summed E-state index contributed by atoms with van der Waals surface area (Å²) in [5, 5.41) is 2.50. The van der Waals surface area contributed by atoms with Gasteiger partial charge in [0.2, 0.25) is 5.91 Å². The third-order valence-electron chi connectivity index (χ3n) is 4.09. The molecule has 0 radical (unpaired) electrons. The van der Waals surface area contributed by atoms with Crippen molar-refractivity contribution in [1.29, 1.82) is 0 Å². The van der Waals surface area contributed by atoms with Crippen LogP contribution >= 0.6 is 11.3 Å². The van der Waals surface area contributed by atoms with Crippen molar-refractivity contribution in [1.82, 2.24) is 15.8 Å².